The van der Waals surface area contributed by atoms with Gasteiger partial charge in [0.2, 0.25) is 0 Å². The quantitative estimate of drug-likeness (QED) is 0.845. The van der Waals surface area contributed by atoms with Crippen LogP contribution in [0.15, 0.2) is 18.3 Å². The van der Waals surface area contributed by atoms with Gasteiger partial charge < -0.3 is 4.90 Å². The maximum absolute atomic E-state index is 4.56. The summed E-state index contributed by atoms with van der Waals surface area (Å²) in [5.41, 5.74) is 3.94. The van der Waals surface area contributed by atoms with E-state index in [0.29, 0.717) is 6.04 Å². The molecule has 0 amide bonds. The van der Waals surface area contributed by atoms with Crippen LogP contribution in [0.2, 0.25) is 0 Å². The number of nitrogens with zero attached hydrogens (tertiary/aromatic N) is 6. The van der Waals surface area contributed by atoms with E-state index in [9.17, 15) is 0 Å². The first-order chi connectivity index (χ1) is 12.4. The number of aromatic nitrogens is 4. The molecule has 2 aromatic heterocycles. The van der Waals surface area contributed by atoms with Gasteiger partial charge in [0, 0.05) is 48.9 Å². The smallest absolute Gasteiger partial charge is 0.151 e. The average molecular weight is 355 g/mol. The molecule has 0 N–H and O–H groups in total. The van der Waals surface area contributed by atoms with Crippen molar-refractivity contribution in [3.8, 4) is 0 Å². The highest BCUT2D eigenvalue weighted by molar-refractivity contribution is 5.42. The summed E-state index contributed by atoms with van der Waals surface area (Å²) in [5.74, 6) is 0.991. The van der Waals surface area contributed by atoms with Crippen molar-refractivity contribution >= 4 is 5.82 Å². The van der Waals surface area contributed by atoms with E-state index < -0.39 is 0 Å². The Morgan fingerprint density at radius 3 is 2.65 bits per heavy atom. The van der Waals surface area contributed by atoms with Gasteiger partial charge in [0.25, 0.3) is 0 Å². The Hall–Kier alpha value is -1.95. The molecule has 0 saturated carbocycles. The van der Waals surface area contributed by atoms with E-state index in [1.165, 1.54) is 30.5 Å². The molecule has 4 heterocycles. The second kappa shape index (κ2) is 6.65. The number of anilines is 1. The normalized spacial score (nSPS) is 18.1. The molecule has 26 heavy (non-hydrogen) atoms. The lowest BCUT2D eigenvalue weighted by atomic mass is 9.92. The lowest BCUT2D eigenvalue weighted by Gasteiger charge is -2.44. The molecular formula is C20H30N6. The van der Waals surface area contributed by atoms with E-state index in [1.807, 2.05) is 0 Å². The number of hydrogen-bond acceptors (Lipinski definition) is 5. The van der Waals surface area contributed by atoms with Crippen LogP contribution in [-0.4, -0.2) is 51.1 Å². The summed E-state index contributed by atoms with van der Waals surface area (Å²) >= 11 is 0. The molecule has 6 nitrogen and oxygen atoms in total. The predicted octanol–water partition coefficient (Wildman–Crippen LogP) is 2.63. The summed E-state index contributed by atoms with van der Waals surface area (Å²) in [6.07, 6.45) is 5.80. The zero-order valence-electron chi connectivity index (χ0n) is 16.4. The van der Waals surface area contributed by atoms with E-state index in [-0.39, 0.29) is 5.41 Å². The topological polar surface area (TPSA) is 50.1 Å². The second-order valence-corrected chi connectivity index (χ2v) is 8.80. The van der Waals surface area contributed by atoms with E-state index in [4.69, 9.17) is 0 Å². The Balaban J connectivity index is 1.33. The lowest BCUT2D eigenvalue weighted by Crippen LogP contribution is -2.58. The van der Waals surface area contributed by atoms with Gasteiger partial charge in [-0.1, -0.05) is 20.8 Å². The lowest BCUT2D eigenvalue weighted by molar-refractivity contribution is 0.196. The molecule has 0 radical (unpaired) electrons. The standard InChI is InChI=1S/C20H30N6/c1-20(2,3)18-8-9-19(23-22-18)25-13-16(14-25)24(4)12-15-11-21-26-10-6-5-7-17(15)26/h8-9,11,16H,5-7,10,12-14H2,1-4H3. The van der Waals surface area contributed by atoms with Gasteiger partial charge in [0.1, 0.15) is 0 Å². The van der Waals surface area contributed by atoms with Crippen LogP contribution in [-0.2, 0) is 24.9 Å². The third-order valence-corrected chi connectivity index (χ3v) is 5.72. The van der Waals surface area contributed by atoms with Crippen molar-refractivity contribution in [1.82, 2.24) is 24.9 Å². The van der Waals surface area contributed by atoms with Gasteiger partial charge in [-0.05, 0) is 38.4 Å². The molecule has 0 atom stereocenters. The number of fused-ring (bicyclic) bond motifs is 1. The first kappa shape index (κ1) is 17.5. The molecule has 6 heteroatoms. The summed E-state index contributed by atoms with van der Waals surface area (Å²) in [7, 11) is 2.23. The van der Waals surface area contributed by atoms with Crippen molar-refractivity contribution < 1.29 is 0 Å². The second-order valence-electron chi connectivity index (χ2n) is 8.80. The van der Waals surface area contributed by atoms with Gasteiger partial charge in [-0.2, -0.15) is 10.2 Å². The molecule has 2 aliphatic heterocycles. The molecule has 1 fully saturated rings. The minimum absolute atomic E-state index is 0.0496. The molecule has 0 aromatic carbocycles. The van der Waals surface area contributed by atoms with Crippen molar-refractivity contribution in [3.63, 3.8) is 0 Å². The van der Waals surface area contributed by atoms with E-state index >= 15 is 0 Å². The van der Waals surface area contributed by atoms with Gasteiger partial charge in [-0.25, -0.2) is 0 Å². The van der Waals surface area contributed by atoms with Crippen LogP contribution in [0.4, 0.5) is 5.82 Å². The van der Waals surface area contributed by atoms with Crippen LogP contribution in [0.5, 0.6) is 0 Å². The number of aryl methyl sites for hydroxylation is 1. The first-order valence-corrected chi connectivity index (χ1v) is 9.75. The van der Waals surface area contributed by atoms with Crippen molar-refractivity contribution in [2.45, 2.75) is 64.6 Å². The fourth-order valence-electron chi connectivity index (χ4n) is 3.83. The van der Waals surface area contributed by atoms with Crippen LogP contribution in [0.25, 0.3) is 0 Å². The minimum Gasteiger partial charge on any atom is -0.352 e. The van der Waals surface area contributed by atoms with Gasteiger partial charge in [-0.15, -0.1) is 5.10 Å². The van der Waals surface area contributed by atoms with Gasteiger partial charge in [0.05, 0.1) is 11.9 Å². The number of hydrogen-bond donors (Lipinski definition) is 0. The zero-order chi connectivity index (χ0) is 18.3. The molecule has 2 aromatic rings. The molecule has 140 valence electrons. The third kappa shape index (κ3) is 3.34. The summed E-state index contributed by atoms with van der Waals surface area (Å²) in [5, 5.41) is 13.4. The van der Waals surface area contributed by atoms with Crippen LogP contribution < -0.4 is 4.90 Å². The maximum atomic E-state index is 4.56. The summed E-state index contributed by atoms with van der Waals surface area (Å²) in [6.45, 7) is 10.6. The first-order valence-electron chi connectivity index (χ1n) is 9.75. The monoisotopic (exact) mass is 354 g/mol. The van der Waals surface area contributed by atoms with Gasteiger partial charge >= 0.3 is 0 Å². The highest BCUT2D eigenvalue weighted by Crippen LogP contribution is 2.26. The summed E-state index contributed by atoms with van der Waals surface area (Å²) in [4.78, 5) is 4.77. The van der Waals surface area contributed by atoms with E-state index in [1.54, 1.807) is 0 Å². The van der Waals surface area contributed by atoms with Crippen LogP contribution in [0.1, 0.15) is 50.6 Å². The predicted molar refractivity (Wildman–Crippen MR) is 103 cm³/mol. The van der Waals surface area contributed by atoms with Crippen LogP contribution in [0, 0.1) is 0 Å². The SMILES string of the molecule is CN(Cc1cnn2c1CCCC2)C1CN(c2ccc(C(C)(C)C)nn2)C1. The molecule has 0 unspecified atom stereocenters. The molecule has 0 spiro atoms. The molecule has 0 bridgehead atoms. The Bertz CT molecular complexity index is 752. The van der Waals surface area contributed by atoms with Crippen LogP contribution in [0.3, 0.4) is 0 Å². The number of likely N-dealkylation sites (N-methyl/N-ethyl adjacent to an activating group) is 1. The fraction of sp³-hybridized carbons (Fsp3) is 0.650. The van der Waals surface area contributed by atoms with Crippen molar-refractivity contribution in [3.05, 3.63) is 35.3 Å². The Morgan fingerprint density at radius 1 is 1.15 bits per heavy atom. The Kier molecular flexibility index (Phi) is 4.47. The molecule has 4 rings (SSSR count). The van der Waals surface area contributed by atoms with Crippen molar-refractivity contribution in [2.75, 3.05) is 25.0 Å². The molecular weight excluding hydrogens is 324 g/mol. The van der Waals surface area contributed by atoms with Gasteiger partial charge in [0.15, 0.2) is 5.82 Å². The molecule has 1 saturated heterocycles. The highest BCUT2D eigenvalue weighted by Gasteiger charge is 2.32. The largest absolute Gasteiger partial charge is 0.352 e. The minimum atomic E-state index is 0.0496. The highest BCUT2D eigenvalue weighted by atomic mass is 15.4. The van der Waals surface area contributed by atoms with Crippen LogP contribution >= 0.6 is 0 Å². The summed E-state index contributed by atoms with van der Waals surface area (Å²) < 4.78 is 2.20. The Morgan fingerprint density at radius 2 is 1.96 bits per heavy atom. The van der Waals surface area contributed by atoms with Gasteiger partial charge in [-0.3, -0.25) is 9.58 Å². The average Bonchev–Trinajstić information content (AvgIpc) is 2.96. The maximum Gasteiger partial charge on any atom is 0.151 e. The zero-order valence-corrected chi connectivity index (χ0v) is 16.4. The Labute approximate surface area is 156 Å². The van der Waals surface area contributed by atoms with Crippen molar-refractivity contribution in [1.29, 1.82) is 0 Å². The van der Waals surface area contributed by atoms with E-state index in [0.717, 1.165) is 37.7 Å². The molecule has 0 aliphatic carbocycles. The fourth-order valence-corrected chi connectivity index (χ4v) is 3.83. The summed E-state index contributed by atoms with van der Waals surface area (Å²) in [6, 6.07) is 4.79. The molecule has 2 aliphatic rings. The van der Waals surface area contributed by atoms with Crippen molar-refractivity contribution in [2.24, 2.45) is 0 Å². The third-order valence-electron chi connectivity index (χ3n) is 5.72. The van der Waals surface area contributed by atoms with E-state index in [2.05, 4.69) is 75.9 Å². The number of rotatable bonds is 4.